The van der Waals surface area contributed by atoms with Gasteiger partial charge in [-0.3, -0.25) is 0 Å². The summed E-state index contributed by atoms with van der Waals surface area (Å²) in [6.07, 6.45) is 2.30. The molecule has 0 aliphatic carbocycles. The van der Waals surface area contributed by atoms with Crippen LogP contribution in [0.15, 0.2) is 4.52 Å². The zero-order chi connectivity index (χ0) is 10.8. The molecule has 0 amide bonds. The summed E-state index contributed by atoms with van der Waals surface area (Å²) in [5, 5.41) is 4.01. The van der Waals surface area contributed by atoms with Crippen LogP contribution in [0.3, 0.4) is 0 Å². The fourth-order valence-corrected chi connectivity index (χ4v) is 2.25. The van der Waals surface area contributed by atoms with Crippen molar-refractivity contribution in [2.75, 3.05) is 20.1 Å². The lowest BCUT2D eigenvalue weighted by Crippen LogP contribution is -2.29. The van der Waals surface area contributed by atoms with Gasteiger partial charge in [-0.2, -0.15) is 0 Å². The van der Waals surface area contributed by atoms with E-state index in [0.29, 0.717) is 12.5 Å². The number of hydrogen-bond acceptors (Lipinski definition) is 4. The molecule has 4 nitrogen and oxygen atoms in total. The molecule has 1 fully saturated rings. The Labute approximate surface area is 90.4 Å². The van der Waals surface area contributed by atoms with Crippen molar-refractivity contribution in [3.05, 3.63) is 17.0 Å². The van der Waals surface area contributed by atoms with Gasteiger partial charge in [0.05, 0.1) is 5.69 Å². The summed E-state index contributed by atoms with van der Waals surface area (Å²) in [4.78, 5) is 2.35. The van der Waals surface area contributed by atoms with E-state index in [1.807, 2.05) is 6.92 Å². The lowest BCUT2D eigenvalue weighted by molar-refractivity contribution is 0.230. The van der Waals surface area contributed by atoms with E-state index in [1.54, 1.807) is 0 Å². The number of likely N-dealkylation sites (tertiary alicyclic amines) is 1. The van der Waals surface area contributed by atoms with Gasteiger partial charge in [-0.15, -0.1) is 0 Å². The topological polar surface area (TPSA) is 55.3 Å². The van der Waals surface area contributed by atoms with Gasteiger partial charge in [-0.25, -0.2) is 0 Å². The minimum Gasteiger partial charge on any atom is -0.361 e. The normalized spacial score (nSPS) is 19.7. The van der Waals surface area contributed by atoms with Crippen molar-refractivity contribution in [1.82, 2.24) is 10.1 Å². The highest BCUT2D eigenvalue weighted by atomic mass is 16.5. The Hall–Kier alpha value is -0.870. The molecule has 2 N–H and O–H groups in total. The van der Waals surface area contributed by atoms with E-state index in [9.17, 15) is 0 Å². The Morgan fingerprint density at radius 3 is 2.73 bits per heavy atom. The predicted octanol–water partition coefficient (Wildman–Crippen LogP) is 1.25. The summed E-state index contributed by atoms with van der Waals surface area (Å²) in [6, 6.07) is 0. The Morgan fingerprint density at radius 2 is 2.13 bits per heavy atom. The fourth-order valence-electron chi connectivity index (χ4n) is 2.25. The molecule has 1 aliphatic rings. The third-order valence-corrected chi connectivity index (χ3v) is 3.31. The molecular weight excluding hydrogens is 190 g/mol. The molecule has 1 aromatic heterocycles. The minimum absolute atomic E-state index is 0.515. The molecule has 1 saturated heterocycles. The van der Waals surface area contributed by atoms with Crippen LogP contribution in [-0.4, -0.2) is 30.2 Å². The van der Waals surface area contributed by atoms with Gasteiger partial charge in [0, 0.05) is 18.0 Å². The molecule has 0 bridgehead atoms. The van der Waals surface area contributed by atoms with Crippen molar-refractivity contribution >= 4 is 0 Å². The number of piperidine rings is 1. The highest BCUT2D eigenvalue weighted by Crippen LogP contribution is 2.30. The minimum atomic E-state index is 0.515. The Bertz CT molecular complexity index is 327. The summed E-state index contributed by atoms with van der Waals surface area (Å²) < 4.78 is 5.41. The van der Waals surface area contributed by atoms with E-state index < -0.39 is 0 Å². The van der Waals surface area contributed by atoms with Gasteiger partial charge in [-0.1, -0.05) is 5.16 Å². The number of hydrogen-bond donors (Lipinski definition) is 1. The molecule has 0 atom stereocenters. The summed E-state index contributed by atoms with van der Waals surface area (Å²) in [5.74, 6) is 1.55. The van der Waals surface area contributed by atoms with Gasteiger partial charge in [0.15, 0.2) is 0 Å². The summed E-state index contributed by atoms with van der Waals surface area (Å²) in [6.45, 7) is 4.77. The molecule has 4 heteroatoms. The second-order valence-electron chi connectivity index (χ2n) is 4.39. The summed E-state index contributed by atoms with van der Waals surface area (Å²) in [5.41, 5.74) is 7.79. The van der Waals surface area contributed by atoms with Crippen LogP contribution in [0.1, 0.15) is 35.8 Å². The van der Waals surface area contributed by atoms with E-state index in [-0.39, 0.29) is 0 Å². The Balaban J connectivity index is 2.15. The number of nitrogens with zero attached hydrogens (tertiary/aromatic N) is 2. The lowest BCUT2D eigenvalue weighted by atomic mass is 9.92. The molecule has 2 heterocycles. The molecule has 1 aliphatic heterocycles. The first-order valence-corrected chi connectivity index (χ1v) is 5.56. The molecule has 15 heavy (non-hydrogen) atoms. The molecule has 2 rings (SSSR count). The van der Waals surface area contributed by atoms with Gasteiger partial charge >= 0.3 is 0 Å². The SMILES string of the molecule is Cc1noc(C2CCN(C)CC2)c1CN. The zero-order valence-electron chi connectivity index (χ0n) is 9.49. The highest BCUT2D eigenvalue weighted by Gasteiger charge is 2.25. The first-order valence-electron chi connectivity index (χ1n) is 5.56. The van der Waals surface area contributed by atoms with Crippen molar-refractivity contribution in [3.63, 3.8) is 0 Å². The van der Waals surface area contributed by atoms with Gasteiger partial charge in [0.2, 0.25) is 0 Å². The van der Waals surface area contributed by atoms with Crippen LogP contribution in [0.4, 0.5) is 0 Å². The second kappa shape index (κ2) is 4.33. The summed E-state index contributed by atoms with van der Waals surface area (Å²) in [7, 11) is 2.16. The first kappa shape index (κ1) is 10.6. The number of nitrogens with two attached hydrogens (primary N) is 1. The van der Waals surface area contributed by atoms with Gasteiger partial charge < -0.3 is 15.2 Å². The maximum atomic E-state index is 5.72. The van der Waals surface area contributed by atoms with E-state index in [4.69, 9.17) is 10.3 Å². The van der Waals surface area contributed by atoms with Crippen LogP contribution < -0.4 is 5.73 Å². The van der Waals surface area contributed by atoms with Crippen molar-refractivity contribution in [1.29, 1.82) is 0 Å². The molecule has 0 saturated carbocycles. The molecule has 0 aromatic carbocycles. The van der Waals surface area contributed by atoms with Crippen LogP contribution in [0.25, 0.3) is 0 Å². The van der Waals surface area contributed by atoms with Gasteiger partial charge in [-0.05, 0) is 39.9 Å². The molecule has 0 radical (unpaired) electrons. The average molecular weight is 209 g/mol. The van der Waals surface area contributed by atoms with Crippen molar-refractivity contribution in [2.45, 2.75) is 32.2 Å². The number of rotatable bonds is 2. The zero-order valence-corrected chi connectivity index (χ0v) is 9.49. The average Bonchev–Trinajstić information content (AvgIpc) is 2.61. The van der Waals surface area contributed by atoms with E-state index in [0.717, 1.165) is 42.9 Å². The van der Waals surface area contributed by atoms with E-state index in [1.165, 1.54) is 0 Å². The van der Waals surface area contributed by atoms with Crippen LogP contribution in [0.5, 0.6) is 0 Å². The van der Waals surface area contributed by atoms with Crippen molar-refractivity contribution in [2.24, 2.45) is 5.73 Å². The third-order valence-electron chi connectivity index (χ3n) is 3.31. The predicted molar refractivity (Wildman–Crippen MR) is 58.6 cm³/mol. The molecule has 84 valence electrons. The molecule has 0 spiro atoms. The van der Waals surface area contributed by atoms with E-state index >= 15 is 0 Å². The van der Waals surface area contributed by atoms with Crippen molar-refractivity contribution < 1.29 is 4.52 Å². The Morgan fingerprint density at radius 1 is 1.47 bits per heavy atom. The maximum Gasteiger partial charge on any atom is 0.144 e. The van der Waals surface area contributed by atoms with Gasteiger partial charge in [0.1, 0.15) is 5.76 Å². The lowest BCUT2D eigenvalue weighted by Gasteiger charge is -2.27. The van der Waals surface area contributed by atoms with Crippen molar-refractivity contribution in [3.8, 4) is 0 Å². The quantitative estimate of drug-likeness (QED) is 0.796. The van der Waals surface area contributed by atoms with Crippen LogP contribution >= 0.6 is 0 Å². The van der Waals surface area contributed by atoms with Crippen LogP contribution in [-0.2, 0) is 6.54 Å². The second-order valence-corrected chi connectivity index (χ2v) is 4.39. The monoisotopic (exact) mass is 209 g/mol. The Kier molecular flexibility index (Phi) is 3.07. The highest BCUT2D eigenvalue weighted by molar-refractivity contribution is 5.25. The third kappa shape index (κ3) is 2.06. The molecular formula is C11H19N3O. The van der Waals surface area contributed by atoms with Crippen LogP contribution in [0, 0.1) is 6.92 Å². The number of aromatic nitrogens is 1. The largest absolute Gasteiger partial charge is 0.361 e. The number of aryl methyl sites for hydroxylation is 1. The van der Waals surface area contributed by atoms with Crippen LogP contribution in [0.2, 0.25) is 0 Å². The molecule has 0 unspecified atom stereocenters. The van der Waals surface area contributed by atoms with E-state index in [2.05, 4.69) is 17.1 Å². The molecule has 1 aromatic rings. The standard InChI is InChI=1S/C11H19N3O/c1-8-10(7-12)11(15-13-8)9-3-5-14(2)6-4-9/h9H,3-7,12H2,1-2H3. The smallest absolute Gasteiger partial charge is 0.144 e. The van der Waals surface area contributed by atoms with Gasteiger partial charge in [0.25, 0.3) is 0 Å². The first-order chi connectivity index (χ1) is 7.22. The summed E-state index contributed by atoms with van der Waals surface area (Å²) >= 11 is 0. The maximum absolute atomic E-state index is 5.72. The fraction of sp³-hybridized carbons (Fsp3) is 0.727.